The number of benzene rings is 1. The molecule has 1 aromatic carbocycles. The van der Waals surface area contributed by atoms with Gasteiger partial charge in [-0.3, -0.25) is 4.79 Å². The summed E-state index contributed by atoms with van der Waals surface area (Å²) >= 11 is 2.26. The summed E-state index contributed by atoms with van der Waals surface area (Å²) in [6.07, 6.45) is 8.12. The molecule has 17 heavy (non-hydrogen) atoms. The third kappa shape index (κ3) is 6.20. The van der Waals surface area contributed by atoms with Crippen molar-refractivity contribution in [3.8, 4) is 0 Å². The van der Waals surface area contributed by atoms with Crippen molar-refractivity contribution in [1.29, 1.82) is 0 Å². The van der Waals surface area contributed by atoms with Crippen LogP contribution < -0.4 is 0 Å². The van der Waals surface area contributed by atoms with Crippen LogP contribution in [0.4, 0.5) is 0 Å². The second kappa shape index (κ2) is 8.67. The Morgan fingerprint density at radius 1 is 1.00 bits per heavy atom. The summed E-state index contributed by atoms with van der Waals surface area (Å²) in [5.41, 5.74) is 0.860. The first-order valence-corrected chi connectivity index (χ1v) is 7.60. The van der Waals surface area contributed by atoms with E-state index >= 15 is 0 Å². The van der Waals surface area contributed by atoms with Gasteiger partial charge in [-0.1, -0.05) is 51.2 Å². The van der Waals surface area contributed by atoms with Crippen LogP contribution >= 0.6 is 22.6 Å². The molecule has 0 atom stereocenters. The Morgan fingerprint density at radius 2 is 1.59 bits per heavy atom. The number of rotatable bonds is 8. The van der Waals surface area contributed by atoms with Crippen LogP contribution in [0.5, 0.6) is 0 Å². The quantitative estimate of drug-likeness (QED) is 0.359. The molecule has 0 N–H and O–H groups in total. The van der Waals surface area contributed by atoms with Crippen LogP contribution in [0.15, 0.2) is 24.3 Å². The maximum absolute atomic E-state index is 11.8. The smallest absolute Gasteiger partial charge is 0.162 e. The molecular weight excluding hydrogens is 323 g/mol. The van der Waals surface area contributed by atoms with Crippen molar-refractivity contribution in [3.05, 3.63) is 33.4 Å². The molecule has 1 rings (SSSR count). The first-order valence-electron chi connectivity index (χ1n) is 6.53. The number of Topliss-reactive ketones (excluding diaryl/α,β-unsaturated/α-hetero) is 1. The minimum Gasteiger partial charge on any atom is -0.294 e. The number of hydrogen-bond donors (Lipinski definition) is 0. The molecule has 0 heterocycles. The molecule has 1 aromatic rings. The maximum atomic E-state index is 11.8. The Balaban J connectivity index is 2.19. The minimum atomic E-state index is 0.289. The Bertz CT molecular complexity index is 329. The highest BCUT2D eigenvalue weighted by Crippen LogP contribution is 2.12. The fourth-order valence-corrected chi connectivity index (χ4v) is 2.21. The molecule has 0 bridgehead atoms. The van der Waals surface area contributed by atoms with Crippen molar-refractivity contribution in [2.75, 3.05) is 0 Å². The summed E-state index contributed by atoms with van der Waals surface area (Å²) in [5, 5.41) is 0. The fourth-order valence-electron chi connectivity index (χ4n) is 1.85. The lowest BCUT2D eigenvalue weighted by molar-refractivity contribution is 0.0979. The van der Waals surface area contributed by atoms with Gasteiger partial charge in [-0.05, 0) is 41.1 Å². The van der Waals surface area contributed by atoms with Crippen LogP contribution in [0.25, 0.3) is 0 Å². The maximum Gasteiger partial charge on any atom is 0.162 e. The SMILES string of the molecule is CCCCCCCCC(=O)c1ccc(I)cc1. The molecule has 0 unspecified atom stereocenters. The predicted molar refractivity (Wildman–Crippen MR) is 81.5 cm³/mol. The molecule has 0 aliphatic heterocycles. The van der Waals surface area contributed by atoms with E-state index in [0.717, 1.165) is 12.0 Å². The van der Waals surface area contributed by atoms with Gasteiger partial charge < -0.3 is 0 Å². The molecule has 0 radical (unpaired) electrons. The highest BCUT2D eigenvalue weighted by atomic mass is 127. The van der Waals surface area contributed by atoms with E-state index in [4.69, 9.17) is 0 Å². The van der Waals surface area contributed by atoms with E-state index in [1.54, 1.807) is 0 Å². The lowest BCUT2D eigenvalue weighted by atomic mass is 10.0. The molecule has 0 aliphatic rings. The standard InChI is InChI=1S/C15H21IO/c1-2-3-4-5-6-7-8-15(17)13-9-11-14(16)12-10-13/h9-12H,2-8H2,1H3. The average molecular weight is 344 g/mol. The zero-order valence-corrected chi connectivity index (χ0v) is 12.7. The van der Waals surface area contributed by atoms with E-state index in [9.17, 15) is 4.79 Å². The molecular formula is C15H21IO. The zero-order valence-electron chi connectivity index (χ0n) is 10.5. The summed E-state index contributed by atoms with van der Waals surface area (Å²) in [5.74, 6) is 0.289. The molecule has 0 saturated carbocycles. The van der Waals surface area contributed by atoms with Gasteiger partial charge in [-0.15, -0.1) is 0 Å². The third-order valence-electron chi connectivity index (χ3n) is 2.92. The predicted octanol–water partition coefficient (Wildman–Crippen LogP) is 5.22. The van der Waals surface area contributed by atoms with E-state index in [-0.39, 0.29) is 5.78 Å². The topological polar surface area (TPSA) is 17.1 Å². The van der Waals surface area contributed by atoms with Gasteiger partial charge in [0.1, 0.15) is 0 Å². The normalized spacial score (nSPS) is 10.5. The van der Waals surface area contributed by atoms with Crippen molar-refractivity contribution in [2.24, 2.45) is 0 Å². The first-order chi connectivity index (χ1) is 8.24. The summed E-state index contributed by atoms with van der Waals surface area (Å²) in [7, 11) is 0. The van der Waals surface area contributed by atoms with E-state index in [2.05, 4.69) is 29.5 Å². The molecule has 0 spiro atoms. The molecule has 0 aliphatic carbocycles. The second-order valence-electron chi connectivity index (χ2n) is 4.45. The average Bonchev–Trinajstić information content (AvgIpc) is 2.34. The van der Waals surface area contributed by atoms with Gasteiger partial charge in [-0.25, -0.2) is 0 Å². The van der Waals surface area contributed by atoms with Gasteiger partial charge in [-0.2, -0.15) is 0 Å². The van der Waals surface area contributed by atoms with E-state index in [1.807, 2.05) is 24.3 Å². The van der Waals surface area contributed by atoms with Crippen LogP contribution in [-0.4, -0.2) is 5.78 Å². The van der Waals surface area contributed by atoms with Crippen molar-refractivity contribution in [3.63, 3.8) is 0 Å². The Morgan fingerprint density at radius 3 is 2.24 bits per heavy atom. The minimum absolute atomic E-state index is 0.289. The Hall–Kier alpha value is -0.380. The van der Waals surface area contributed by atoms with Gasteiger partial charge in [0.05, 0.1) is 0 Å². The van der Waals surface area contributed by atoms with E-state index < -0.39 is 0 Å². The summed E-state index contributed by atoms with van der Waals surface area (Å²) in [6, 6.07) is 7.85. The monoisotopic (exact) mass is 344 g/mol. The summed E-state index contributed by atoms with van der Waals surface area (Å²) in [6.45, 7) is 2.22. The third-order valence-corrected chi connectivity index (χ3v) is 3.64. The van der Waals surface area contributed by atoms with Crippen LogP contribution in [-0.2, 0) is 0 Å². The molecule has 94 valence electrons. The second-order valence-corrected chi connectivity index (χ2v) is 5.69. The number of unbranched alkanes of at least 4 members (excludes halogenated alkanes) is 5. The van der Waals surface area contributed by atoms with Crippen molar-refractivity contribution in [1.82, 2.24) is 0 Å². The first kappa shape index (κ1) is 14.7. The lowest BCUT2D eigenvalue weighted by Crippen LogP contribution is -1.98. The van der Waals surface area contributed by atoms with Gasteiger partial charge in [0, 0.05) is 15.6 Å². The zero-order chi connectivity index (χ0) is 12.5. The molecule has 0 amide bonds. The number of ketones is 1. The van der Waals surface area contributed by atoms with E-state index in [0.29, 0.717) is 6.42 Å². The lowest BCUT2D eigenvalue weighted by Gasteiger charge is -2.02. The van der Waals surface area contributed by atoms with Gasteiger partial charge in [0.25, 0.3) is 0 Å². The van der Waals surface area contributed by atoms with Crippen molar-refractivity contribution < 1.29 is 4.79 Å². The summed E-state index contributed by atoms with van der Waals surface area (Å²) in [4.78, 5) is 11.8. The highest BCUT2D eigenvalue weighted by molar-refractivity contribution is 14.1. The number of carbonyl (C=O) groups is 1. The van der Waals surface area contributed by atoms with Crippen LogP contribution in [0.2, 0.25) is 0 Å². The molecule has 0 saturated heterocycles. The Labute approximate surface area is 118 Å². The van der Waals surface area contributed by atoms with Gasteiger partial charge in [0.2, 0.25) is 0 Å². The largest absolute Gasteiger partial charge is 0.294 e. The van der Waals surface area contributed by atoms with Crippen molar-refractivity contribution in [2.45, 2.75) is 51.9 Å². The Kier molecular flexibility index (Phi) is 7.49. The van der Waals surface area contributed by atoms with E-state index in [1.165, 1.54) is 35.7 Å². The van der Waals surface area contributed by atoms with Gasteiger partial charge in [0.15, 0.2) is 5.78 Å². The highest BCUT2D eigenvalue weighted by Gasteiger charge is 2.04. The number of carbonyl (C=O) groups excluding carboxylic acids is 1. The van der Waals surface area contributed by atoms with Crippen LogP contribution in [0.1, 0.15) is 62.2 Å². The van der Waals surface area contributed by atoms with Crippen molar-refractivity contribution >= 4 is 28.4 Å². The van der Waals surface area contributed by atoms with Crippen LogP contribution in [0, 0.1) is 3.57 Å². The summed E-state index contributed by atoms with van der Waals surface area (Å²) < 4.78 is 1.18. The molecule has 1 nitrogen and oxygen atoms in total. The fraction of sp³-hybridized carbons (Fsp3) is 0.533. The molecule has 2 heteroatoms. The number of halogens is 1. The molecule has 0 fully saturated rings. The number of hydrogen-bond acceptors (Lipinski definition) is 1. The van der Waals surface area contributed by atoms with Gasteiger partial charge >= 0.3 is 0 Å². The molecule has 0 aromatic heterocycles. The van der Waals surface area contributed by atoms with Crippen LogP contribution in [0.3, 0.4) is 0 Å².